The molecule has 1 aliphatic carbocycles. The van der Waals surface area contributed by atoms with Crippen molar-refractivity contribution in [2.24, 2.45) is 5.11 Å². The Hall–Kier alpha value is -8.65. The summed E-state index contributed by atoms with van der Waals surface area (Å²) >= 11 is 0. The molecule has 3 aliphatic rings. The lowest BCUT2D eigenvalue weighted by Gasteiger charge is -2.31. The second-order valence-corrected chi connectivity index (χ2v) is 23.9. The Morgan fingerprint density at radius 1 is 0.792 bits per heavy atom. The van der Waals surface area contributed by atoms with Gasteiger partial charge in [-0.1, -0.05) is 55.0 Å². The Bertz CT molecular complexity index is 3690. The number of unbranched alkanes of at least 4 members (excludes halogenated alkanes) is 1. The first-order valence-electron chi connectivity index (χ1n) is 34.1. The van der Waals surface area contributed by atoms with Gasteiger partial charge in [0, 0.05) is 53.4 Å². The van der Waals surface area contributed by atoms with Gasteiger partial charge in [-0.05, 0) is 103 Å². The SMILES string of the molecule is C=CNCCCC[C@H](NC(=O)[C@H](Cc1ccccc1)NC(=O)CCOCCOCCOCCOCCOCCOCCOCCOCCOCCN=[N+]=[N-])C(=O)Nc1ccc(COC(=O)N[C@H]2CCc3c(C)c(F)cc4nc5c(c2c34)Cn2c-5cc3c(c2=O)COC(=O)[C@]3(O)CC)cc1OC. The molecule has 4 amide bonds. The van der Waals surface area contributed by atoms with E-state index in [1.54, 1.807) is 44.3 Å². The van der Waals surface area contributed by atoms with Crippen molar-refractivity contribution in [3.8, 4) is 17.1 Å². The fourth-order valence-corrected chi connectivity index (χ4v) is 11.9. The summed E-state index contributed by atoms with van der Waals surface area (Å²) in [5.74, 6) is -2.63. The number of hydrogen-bond acceptors (Lipinski definition) is 22. The number of esters is 1. The van der Waals surface area contributed by atoms with Crippen molar-refractivity contribution in [3.05, 3.63) is 145 Å². The topological polar surface area (TPSA) is 360 Å². The number of halogens is 1. The summed E-state index contributed by atoms with van der Waals surface area (Å²) in [6, 6.07) is 14.2. The lowest BCUT2D eigenvalue weighted by atomic mass is 9.81. The van der Waals surface area contributed by atoms with Crippen molar-refractivity contribution in [1.29, 1.82) is 0 Å². The maximum absolute atomic E-state index is 15.6. The normalized spacial score (nSPS) is 15.5. The number of carbonyl (C=O) groups excluding carboxylic acids is 5. The number of anilines is 1. The summed E-state index contributed by atoms with van der Waals surface area (Å²) in [6.07, 6.45) is 3.03. The highest BCUT2D eigenvalue weighted by atomic mass is 19.1. The fourth-order valence-electron chi connectivity index (χ4n) is 11.9. The number of alkyl carbamates (subject to hydrolysis) is 1. The van der Waals surface area contributed by atoms with E-state index in [0.29, 0.717) is 182 Å². The number of nitrogens with zero attached hydrogens (tertiary/aromatic N) is 5. The first-order valence-corrected chi connectivity index (χ1v) is 34.1. The molecular formula is C71H93FN10O19. The molecule has 0 fully saturated rings. The van der Waals surface area contributed by atoms with Crippen LogP contribution in [0.4, 0.5) is 14.9 Å². The molecular weight excluding hydrogens is 1320 g/mol. The molecule has 0 saturated heterocycles. The number of amides is 4. The van der Waals surface area contributed by atoms with E-state index in [2.05, 4.69) is 43.2 Å². The number of fused-ring (bicyclic) bond motifs is 5. The third-order valence-electron chi connectivity index (χ3n) is 17.2. The second-order valence-electron chi connectivity index (χ2n) is 23.9. The van der Waals surface area contributed by atoms with Gasteiger partial charge in [-0.2, -0.15) is 0 Å². The predicted molar refractivity (Wildman–Crippen MR) is 367 cm³/mol. The van der Waals surface area contributed by atoms with Gasteiger partial charge in [0.15, 0.2) is 5.60 Å². The van der Waals surface area contributed by atoms with Crippen LogP contribution in [0.5, 0.6) is 5.75 Å². The number of benzene rings is 3. The number of aryl methyl sites for hydroxylation is 1. The van der Waals surface area contributed by atoms with Gasteiger partial charge in [0.1, 0.15) is 36.9 Å². The van der Waals surface area contributed by atoms with Gasteiger partial charge >= 0.3 is 12.1 Å². The predicted octanol–water partition coefficient (Wildman–Crippen LogP) is 6.35. The van der Waals surface area contributed by atoms with Crippen LogP contribution in [0.2, 0.25) is 0 Å². The Morgan fingerprint density at radius 2 is 1.42 bits per heavy atom. The van der Waals surface area contributed by atoms with Gasteiger partial charge in [0.05, 0.1) is 167 Å². The minimum Gasteiger partial charge on any atom is -0.495 e. The van der Waals surface area contributed by atoms with E-state index in [0.717, 1.165) is 11.1 Å². The molecule has 0 spiro atoms. The molecule has 6 N–H and O–H groups in total. The number of pyridine rings is 2. The molecule has 8 rings (SSSR count). The molecule has 4 atom stereocenters. The lowest BCUT2D eigenvalue weighted by molar-refractivity contribution is -0.172. The van der Waals surface area contributed by atoms with Crippen LogP contribution < -0.4 is 36.9 Å². The molecule has 2 aromatic heterocycles. The van der Waals surface area contributed by atoms with E-state index in [1.807, 2.05) is 30.3 Å². The Morgan fingerprint density at radius 3 is 2.02 bits per heavy atom. The summed E-state index contributed by atoms with van der Waals surface area (Å²) < 4.78 is 83.4. The summed E-state index contributed by atoms with van der Waals surface area (Å²) in [6.45, 7) is 14.1. The van der Waals surface area contributed by atoms with Gasteiger partial charge in [0.25, 0.3) is 5.56 Å². The molecule has 29 nitrogen and oxygen atoms in total. The first kappa shape index (κ1) is 78.1. The highest BCUT2D eigenvalue weighted by Crippen LogP contribution is 2.46. The maximum Gasteiger partial charge on any atom is 0.407 e. The molecule has 4 heterocycles. The molecule has 30 heteroatoms. The molecule has 0 unspecified atom stereocenters. The molecule has 548 valence electrons. The van der Waals surface area contributed by atoms with Crippen LogP contribution in [-0.2, 0) is 109 Å². The minimum atomic E-state index is -2.05. The Balaban J connectivity index is 0.760. The summed E-state index contributed by atoms with van der Waals surface area (Å²) in [5, 5.41) is 30.2. The van der Waals surface area contributed by atoms with E-state index >= 15 is 4.39 Å². The number of cyclic esters (lactones) is 1. The van der Waals surface area contributed by atoms with E-state index in [9.17, 15) is 33.9 Å². The van der Waals surface area contributed by atoms with Gasteiger partial charge in [-0.25, -0.2) is 19.0 Å². The summed E-state index contributed by atoms with van der Waals surface area (Å²) in [5.41, 5.74) is 11.0. The van der Waals surface area contributed by atoms with Crippen molar-refractivity contribution in [3.63, 3.8) is 0 Å². The van der Waals surface area contributed by atoms with Crippen molar-refractivity contribution in [1.82, 2.24) is 30.8 Å². The van der Waals surface area contributed by atoms with Crippen LogP contribution in [0.3, 0.4) is 0 Å². The molecule has 0 saturated carbocycles. The Labute approximate surface area is 585 Å². The average Bonchev–Trinajstić information content (AvgIpc) is 1.61. The first-order chi connectivity index (χ1) is 49.2. The summed E-state index contributed by atoms with van der Waals surface area (Å²) in [7, 11) is 1.42. The molecule has 3 aromatic carbocycles. The number of rotatable bonds is 48. The van der Waals surface area contributed by atoms with Gasteiger partial charge < -0.3 is 93.1 Å². The molecule has 2 aliphatic heterocycles. The number of aliphatic hydroxyl groups is 1. The number of carbonyl (C=O) groups is 5. The van der Waals surface area contributed by atoms with Gasteiger partial charge in [-0.15, -0.1) is 0 Å². The largest absolute Gasteiger partial charge is 0.495 e. The number of aromatic nitrogens is 2. The zero-order valence-corrected chi connectivity index (χ0v) is 57.6. The zero-order chi connectivity index (χ0) is 71.8. The van der Waals surface area contributed by atoms with Crippen molar-refractivity contribution in [2.75, 3.05) is 144 Å². The van der Waals surface area contributed by atoms with Crippen molar-refractivity contribution in [2.45, 2.75) is 109 Å². The van der Waals surface area contributed by atoms with Crippen LogP contribution in [0.15, 0.2) is 83.4 Å². The highest BCUT2D eigenvalue weighted by molar-refractivity contribution is 5.99. The van der Waals surface area contributed by atoms with Crippen LogP contribution in [0, 0.1) is 12.7 Å². The Kier molecular flexibility index (Phi) is 31.9. The van der Waals surface area contributed by atoms with Crippen molar-refractivity contribution >= 4 is 46.4 Å². The lowest BCUT2D eigenvalue weighted by Crippen LogP contribution is -2.53. The highest BCUT2D eigenvalue weighted by Gasteiger charge is 2.46. The number of azide groups is 1. The van der Waals surface area contributed by atoms with Crippen LogP contribution in [-0.4, -0.2) is 196 Å². The number of ether oxygens (including phenoxy) is 12. The van der Waals surface area contributed by atoms with Crippen LogP contribution in [0.1, 0.15) is 96.0 Å². The zero-order valence-electron chi connectivity index (χ0n) is 57.6. The standard InChI is InChI=1S/C71H93FN10O19/c1-5-71(89)53-42-60-65-51(44-82(60)68(86)52(53)46-100-69(71)87)64-56(18-16-50-47(3)54(72)43-58(77-65)63(50)64)80-70(88)101-45-49-15-17-55(61(41-49)90-4)78-66(84)57(14-10-11-20-74-6-2)79-67(85)59(40-48-12-8-7-9-13-48)76-62(83)19-22-91-24-26-93-28-30-95-32-34-97-36-38-99-39-37-98-35-33-96-31-29-94-27-25-92-23-21-75-81-73/h6-9,12-13,15,17,41-43,56-57,59,74,89H,2,5,10-11,14,16,18-40,44-46H2,1,3-4H3,(H,76,83)(H,78,84)(H,79,85)(H,80,88)/t56-,57-,59-,71-/m0/s1. The van der Waals surface area contributed by atoms with E-state index < -0.39 is 64.9 Å². The molecule has 5 aromatic rings. The third-order valence-corrected chi connectivity index (χ3v) is 17.2. The molecule has 0 bridgehead atoms. The smallest absolute Gasteiger partial charge is 0.407 e. The van der Waals surface area contributed by atoms with Gasteiger partial charge in [0.2, 0.25) is 17.7 Å². The van der Waals surface area contributed by atoms with Crippen LogP contribution >= 0.6 is 0 Å². The number of methoxy groups -OCH3 is 1. The minimum absolute atomic E-state index is 0.0452. The average molecular weight is 1410 g/mol. The summed E-state index contributed by atoms with van der Waals surface area (Å²) in [4.78, 5) is 90.5. The van der Waals surface area contributed by atoms with E-state index in [4.69, 9.17) is 67.4 Å². The number of hydrogen-bond donors (Lipinski definition) is 6. The number of nitrogens with one attached hydrogen (secondary N) is 5. The molecule has 101 heavy (non-hydrogen) atoms. The molecule has 0 radical (unpaired) electrons. The fraction of sp³-hybridized carbons (Fsp3) is 0.535. The maximum atomic E-state index is 15.6. The monoisotopic (exact) mass is 1410 g/mol. The third kappa shape index (κ3) is 22.7. The quantitative estimate of drug-likeness (QED) is 0.00796. The van der Waals surface area contributed by atoms with Crippen LogP contribution in [0.25, 0.3) is 32.7 Å². The van der Waals surface area contributed by atoms with E-state index in [1.165, 1.54) is 17.7 Å². The van der Waals surface area contributed by atoms with Crippen molar-refractivity contribution < 1.29 is 90.3 Å². The van der Waals surface area contributed by atoms with Gasteiger partial charge in [-0.3, -0.25) is 19.2 Å². The van der Waals surface area contributed by atoms with E-state index in [-0.39, 0.29) is 87.8 Å². The second kappa shape index (κ2) is 41.3.